The molecule has 162 valence electrons. The highest BCUT2D eigenvalue weighted by molar-refractivity contribution is 7.91. The summed E-state index contributed by atoms with van der Waals surface area (Å²) in [5, 5.41) is 2.64. The zero-order valence-electron chi connectivity index (χ0n) is 17.3. The van der Waals surface area contributed by atoms with Gasteiger partial charge in [-0.25, -0.2) is 8.42 Å². The minimum absolute atomic E-state index is 0.115. The predicted octanol–water partition coefficient (Wildman–Crippen LogP) is 2.99. The standard InChI is InChI=1S/C23H24N2O5S/c1-15(26)17-3-2-4-19(13-17)24-22(27)10-12-31(29,30)20-7-8-21-18(14-20)9-11-25(21)23(28)16-5-6-16/h2-4,7-8,13-14,16H,5-6,9-12H2,1H3,(H,24,27). The van der Waals surface area contributed by atoms with Crippen molar-refractivity contribution < 1.29 is 22.8 Å². The monoisotopic (exact) mass is 440 g/mol. The van der Waals surface area contributed by atoms with Crippen molar-refractivity contribution in [3.05, 3.63) is 53.6 Å². The fourth-order valence-corrected chi connectivity index (χ4v) is 5.02. The second-order valence-electron chi connectivity index (χ2n) is 8.06. The Balaban J connectivity index is 1.40. The van der Waals surface area contributed by atoms with Gasteiger partial charge in [0.05, 0.1) is 10.6 Å². The molecule has 2 aromatic rings. The van der Waals surface area contributed by atoms with Gasteiger partial charge in [0.2, 0.25) is 11.8 Å². The first-order valence-corrected chi connectivity index (χ1v) is 12.0. The fraction of sp³-hybridized carbons (Fsp3) is 0.348. The Labute approximate surface area is 181 Å². The van der Waals surface area contributed by atoms with E-state index in [1.807, 2.05) is 0 Å². The quantitative estimate of drug-likeness (QED) is 0.667. The number of ketones is 1. The number of benzene rings is 2. The molecular weight excluding hydrogens is 416 g/mol. The molecule has 2 amide bonds. The highest BCUT2D eigenvalue weighted by atomic mass is 32.2. The van der Waals surface area contributed by atoms with Crippen molar-refractivity contribution in [1.29, 1.82) is 0 Å². The summed E-state index contributed by atoms with van der Waals surface area (Å²) in [4.78, 5) is 38.0. The molecule has 7 nitrogen and oxygen atoms in total. The van der Waals surface area contributed by atoms with E-state index in [1.165, 1.54) is 13.0 Å². The second-order valence-corrected chi connectivity index (χ2v) is 10.2. The summed E-state index contributed by atoms with van der Waals surface area (Å²) in [5.41, 5.74) is 2.56. The summed E-state index contributed by atoms with van der Waals surface area (Å²) < 4.78 is 25.5. The first-order valence-electron chi connectivity index (χ1n) is 10.3. The maximum atomic E-state index is 12.8. The van der Waals surface area contributed by atoms with Gasteiger partial charge in [0.25, 0.3) is 0 Å². The first-order chi connectivity index (χ1) is 14.7. The van der Waals surface area contributed by atoms with E-state index in [-0.39, 0.29) is 34.7 Å². The van der Waals surface area contributed by atoms with Gasteiger partial charge in [0.1, 0.15) is 0 Å². The molecule has 2 aromatic carbocycles. The van der Waals surface area contributed by atoms with Crippen LogP contribution in [-0.4, -0.2) is 38.3 Å². The number of carbonyl (C=O) groups is 3. The van der Waals surface area contributed by atoms with Crippen molar-refractivity contribution in [3.63, 3.8) is 0 Å². The second kappa shape index (κ2) is 8.26. The van der Waals surface area contributed by atoms with Crippen LogP contribution in [0.4, 0.5) is 11.4 Å². The topological polar surface area (TPSA) is 101 Å². The lowest BCUT2D eigenvalue weighted by Gasteiger charge is -2.17. The van der Waals surface area contributed by atoms with Gasteiger partial charge in [-0.1, -0.05) is 12.1 Å². The Morgan fingerprint density at radius 2 is 1.87 bits per heavy atom. The van der Waals surface area contributed by atoms with E-state index < -0.39 is 15.7 Å². The van der Waals surface area contributed by atoms with E-state index in [0.717, 1.165) is 24.1 Å². The summed E-state index contributed by atoms with van der Waals surface area (Å²) in [5.74, 6) is -0.641. The molecule has 1 saturated carbocycles. The number of Topliss-reactive ketones (excluding diaryl/α,β-unsaturated/α-hetero) is 1. The summed E-state index contributed by atoms with van der Waals surface area (Å²) in [6.45, 7) is 2.01. The lowest BCUT2D eigenvalue weighted by atomic mass is 10.1. The van der Waals surface area contributed by atoms with Gasteiger partial charge in [-0.15, -0.1) is 0 Å². The van der Waals surface area contributed by atoms with Gasteiger partial charge >= 0.3 is 0 Å². The van der Waals surface area contributed by atoms with Crippen molar-refractivity contribution in [2.75, 3.05) is 22.5 Å². The molecule has 0 spiro atoms. The van der Waals surface area contributed by atoms with Crippen molar-refractivity contribution in [1.82, 2.24) is 0 Å². The Morgan fingerprint density at radius 3 is 2.58 bits per heavy atom. The Kier molecular flexibility index (Phi) is 5.66. The number of hydrogen-bond acceptors (Lipinski definition) is 5. The number of nitrogens with zero attached hydrogens (tertiary/aromatic N) is 1. The third-order valence-corrected chi connectivity index (χ3v) is 7.36. The molecule has 8 heteroatoms. The SMILES string of the molecule is CC(=O)c1cccc(NC(=O)CCS(=O)(=O)c2ccc3c(c2)CCN3C(=O)C2CC2)c1. The minimum atomic E-state index is -3.65. The van der Waals surface area contributed by atoms with E-state index in [4.69, 9.17) is 0 Å². The van der Waals surface area contributed by atoms with Gasteiger partial charge in [0.15, 0.2) is 15.6 Å². The largest absolute Gasteiger partial charge is 0.326 e. The number of sulfone groups is 1. The van der Waals surface area contributed by atoms with E-state index in [0.29, 0.717) is 24.2 Å². The number of carbonyl (C=O) groups excluding carboxylic acids is 3. The highest BCUT2D eigenvalue weighted by Crippen LogP contribution is 2.37. The van der Waals surface area contributed by atoms with Crippen LogP contribution in [0.25, 0.3) is 0 Å². The Bertz CT molecular complexity index is 1170. The zero-order chi connectivity index (χ0) is 22.2. The van der Waals surface area contributed by atoms with E-state index >= 15 is 0 Å². The molecule has 4 rings (SSSR count). The van der Waals surface area contributed by atoms with Crippen molar-refractivity contribution in [2.45, 2.75) is 37.5 Å². The number of hydrogen-bond donors (Lipinski definition) is 1. The van der Waals surface area contributed by atoms with Crippen molar-refractivity contribution in [3.8, 4) is 0 Å². The molecule has 1 aliphatic carbocycles. The maximum Gasteiger partial charge on any atom is 0.230 e. The summed E-state index contributed by atoms with van der Waals surface area (Å²) in [7, 11) is -3.65. The lowest BCUT2D eigenvalue weighted by Crippen LogP contribution is -2.30. The van der Waals surface area contributed by atoms with Crippen LogP contribution < -0.4 is 10.2 Å². The van der Waals surface area contributed by atoms with Crippen LogP contribution in [-0.2, 0) is 25.8 Å². The molecule has 0 unspecified atom stereocenters. The number of fused-ring (bicyclic) bond motifs is 1. The normalized spacial score (nSPS) is 15.5. The molecule has 1 heterocycles. The van der Waals surface area contributed by atoms with E-state index in [2.05, 4.69) is 5.32 Å². The average molecular weight is 441 g/mol. The Morgan fingerprint density at radius 1 is 1.10 bits per heavy atom. The molecule has 1 fully saturated rings. The molecule has 0 aromatic heterocycles. The van der Waals surface area contributed by atoms with Crippen LogP contribution in [0, 0.1) is 5.92 Å². The number of nitrogens with one attached hydrogen (secondary N) is 1. The van der Waals surface area contributed by atoms with Gasteiger partial charge < -0.3 is 10.2 Å². The summed E-state index contributed by atoms with van der Waals surface area (Å²) >= 11 is 0. The third kappa shape index (κ3) is 4.69. The molecular formula is C23H24N2O5S. The third-order valence-electron chi connectivity index (χ3n) is 5.65. The predicted molar refractivity (Wildman–Crippen MR) is 117 cm³/mol. The number of amides is 2. The van der Waals surface area contributed by atoms with Crippen LogP contribution in [0.3, 0.4) is 0 Å². The zero-order valence-corrected chi connectivity index (χ0v) is 18.1. The van der Waals surface area contributed by atoms with E-state index in [9.17, 15) is 22.8 Å². The van der Waals surface area contributed by atoms with Crippen LogP contribution in [0.1, 0.15) is 42.1 Å². The number of anilines is 2. The van der Waals surface area contributed by atoms with Crippen LogP contribution in [0.2, 0.25) is 0 Å². The number of rotatable bonds is 7. The molecule has 2 aliphatic rings. The molecule has 0 radical (unpaired) electrons. The van der Waals surface area contributed by atoms with Gasteiger partial charge in [-0.2, -0.15) is 0 Å². The van der Waals surface area contributed by atoms with Gasteiger partial charge in [-0.3, -0.25) is 14.4 Å². The molecule has 31 heavy (non-hydrogen) atoms. The van der Waals surface area contributed by atoms with Gasteiger partial charge in [0, 0.05) is 35.8 Å². The minimum Gasteiger partial charge on any atom is -0.326 e. The Hall–Kier alpha value is -3.00. The van der Waals surface area contributed by atoms with Crippen molar-refractivity contribution in [2.24, 2.45) is 5.92 Å². The first kappa shape index (κ1) is 21.2. The van der Waals surface area contributed by atoms with Gasteiger partial charge in [-0.05, 0) is 62.1 Å². The molecule has 0 saturated heterocycles. The fourth-order valence-electron chi connectivity index (χ4n) is 3.74. The molecule has 1 N–H and O–H groups in total. The summed E-state index contributed by atoms with van der Waals surface area (Å²) in [6.07, 6.45) is 2.29. The summed E-state index contributed by atoms with van der Waals surface area (Å²) in [6, 6.07) is 11.3. The van der Waals surface area contributed by atoms with Crippen LogP contribution >= 0.6 is 0 Å². The maximum absolute atomic E-state index is 12.8. The van der Waals surface area contributed by atoms with Crippen LogP contribution in [0.5, 0.6) is 0 Å². The molecule has 0 bridgehead atoms. The highest BCUT2D eigenvalue weighted by Gasteiger charge is 2.36. The molecule has 0 atom stereocenters. The van der Waals surface area contributed by atoms with E-state index in [1.54, 1.807) is 41.3 Å². The molecule has 1 aliphatic heterocycles. The lowest BCUT2D eigenvalue weighted by molar-refractivity contribution is -0.119. The van der Waals surface area contributed by atoms with Crippen LogP contribution in [0.15, 0.2) is 47.4 Å². The van der Waals surface area contributed by atoms with Crippen molar-refractivity contribution >= 4 is 38.8 Å². The average Bonchev–Trinajstić information content (AvgIpc) is 3.51. The smallest absolute Gasteiger partial charge is 0.230 e.